The summed E-state index contributed by atoms with van der Waals surface area (Å²) in [5.41, 5.74) is 2.46. The largest absolute Gasteiger partial charge is 0.312 e. The molecule has 1 heterocycles. The SMILES string of the molecule is CCCC(NC)c1ncccc1C. The predicted molar refractivity (Wildman–Crippen MR) is 55.7 cm³/mol. The van der Waals surface area contributed by atoms with Gasteiger partial charge in [-0.1, -0.05) is 19.4 Å². The van der Waals surface area contributed by atoms with Crippen LogP contribution < -0.4 is 5.32 Å². The number of hydrogen-bond acceptors (Lipinski definition) is 2. The monoisotopic (exact) mass is 178 g/mol. The molecule has 1 rings (SSSR count). The van der Waals surface area contributed by atoms with Crippen molar-refractivity contribution in [1.29, 1.82) is 0 Å². The number of aromatic nitrogens is 1. The fourth-order valence-electron chi connectivity index (χ4n) is 1.57. The molecule has 0 aliphatic carbocycles. The molecule has 0 saturated heterocycles. The highest BCUT2D eigenvalue weighted by molar-refractivity contribution is 5.20. The first kappa shape index (κ1) is 10.2. The fourth-order valence-corrected chi connectivity index (χ4v) is 1.57. The van der Waals surface area contributed by atoms with Gasteiger partial charge in [-0.2, -0.15) is 0 Å². The van der Waals surface area contributed by atoms with E-state index in [2.05, 4.69) is 30.2 Å². The van der Waals surface area contributed by atoms with Crippen molar-refractivity contribution in [3.63, 3.8) is 0 Å². The topological polar surface area (TPSA) is 24.9 Å². The third kappa shape index (κ3) is 2.52. The summed E-state index contributed by atoms with van der Waals surface area (Å²) in [6, 6.07) is 4.51. The van der Waals surface area contributed by atoms with Gasteiger partial charge in [-0.15, -0.1) is 0 Å². The van der Waals surface area contributed by atoms with Gasteiger partial charge in [0.15, 0.2) is 0 Å². The smallest absolute Gasteiger partial charge is 0.0602 e. The Labute approximate surface area is 80.4 Å². The van der Waals surface area contributed by atoms with E-state index in [1.807, 2.05) is 19.3 Å². The zero-order valence-electron chi connectivity index (χ0n) is 8.67. The van der Waals surface area contributed by atoms with Gasteiger partial charge in [-0.05, 0) is 32.0 Å². The molecule has 0 aliphatic heterocycles. The molecule has 1 aromatic heterocycles. The van der Waals surface area contributed by atoms with Gasteiger partial charge in [0.1, 0.15) is 0 Å². The molecule has 0 saturated carbocycles. The lowest BCUT2D eigenvalue weighted by molar-refractivity contribution is 0.526. The molecule has 72 valence electrons. The summed E-state index contributed by atoms with van der Waals surface area (Å²) in [4.78, 5) is 4.41. The summed E-state index contributed by atoms with van der Waals surface area (Å²) in [5, 5.41) is 3.30. The minimum atomic E-state index is 0.409. The Kier molecular flexibility index (Phi) is 3.90. The molecule has 0 bridgehead atoms. The lowest BCUT2D eigenvalue weighted by atomic mass is 10.0. The average Bonchev–Trinajstić information content (AvgIpc) is 2.16. The van der Waals surface area contributed by atoms with Crippen LogP contribution in [0.2, 0.25) is 0 Å². The van der Waals surface area contributed by atoms with Crippen molar-refractivity contribution in [2.45, 2.75) is 32.7 Å². The van der Waals surface area contributed by atoms with E-state index in [1.54, 1.807) is 0 Å². The van der Waals surface area contributed by atoms with Gasteiger partial charge >= 0.3 is 0 Å². The van der Waals surface area contributed by atoms with Crippen molar-refractivity contribution in [3.8, 4) is 0 Å². The molecule has 13 heavy (non-hydrogen) atoms. The molecule has 0 aromatic carbocycles. The first-order chi connectivity index (χ1) is 6.29. The molecule has 0 spiro atoms. The Bertz CT molecular complexity index is 258. The highest BCUT2D eigenvalue weighted by Crippen LogP contribution is 2.18. The summed E-state index contributed by atoms with van der Waals surface area (Å²) in [7, 11) is 1.99. The van der Waals surface area contributed by atoms with Crippen LogP contribution in [0.1, 0.15) is 37.1 Å². The summed E-state index contributed by atoms with van der Waals surface area (Å²) < 4.78 is 0. The Morgan fingerprint density at radius 3 is 2.85 bits per heavy atom. The first-order valence-electron chi connectivity index (χ1n) is 4.88. The van der Waals surface area contributed by atoms with Gasteiger partial charge in [0.25, 0.3) is 0 Å². The Balaban J connectivity index is 2.84. The van der Waals surface area contributed by atoms with E-state index in [0.29, 0.717) is 6.04 Å². The molecule has 0 aliphatic rings. The van der Waals surface area contributed by atoms with Gasteiger partial charge in [-0.25, -0.2) is 0 Å². The number of rotatable bonds is 4. The molecule has 0 radical (unpaired) electrons. The normalized spacial score (nSPS) is 12.8. The van der Waals surface area contributed by atoms with E-state index >= 15 is 0 Å². The predicted octanol–water partition coefficient (Wildman–Crippen LogP) is 2.45. The molecule has 0 fully saturated rings. The Morgan fingerprint density at radius 1 is 1.54 bits per heavy atom. The van der Waals surface area contributed by atoms with Gasteiger partial charge in [0.2, 0.25) is 0 Å². The maximum atomic E-state index is 4.41. The molecule has 2 heteroatoms. The minimum Gasteiger partial charge on any atom is -0.312 e. The number of hydrogen-bond donors (Lipinski definition) is 1. The van der Waals surface area contributed by atoms with Crippen molar-refractivity contribution in [1.82, 2.24) is 10.3 Å². The van der Waals surface area contributed by atoms with Gasteiger partial charge in [0, 0.05) is 12.2 Å². The molecule has 2 nitrogen and oxygen atoms in total. The van der Waals surface area contributed by atoms with Gasteiger partial charge in [0.05, 0.1) is 5.69 Å². The number of nitrogens with one attached hydrogen (secondary N) is 1. The van der Waals surface area contributed by atoms with E-state index in [1.165, 1.54) is 17.7 Å². The van der Waals surface area contributed by atoms with Crippen LogP contribution in [0.4, 0.5) is 0 Å². The van der Waals surface area contributed by atoms with Gasteiger partial charge < -0.3 is 5.32 Å². The van der Waals surface area contributed by atoms with E-state index in [9.17, 15) is 0 Å². The maximum Gasteiger partial charge on any atom is 0.0602 e. The maximum absolute atomic E-state index is 4.41. The van der Waals surface area contributed by atoms with Crippen molar-refractivity contribution in [2.75, 3.05) is 7.05 Å². The van der Waals surface area contributed by atoms with Crippen LogP contribution >= 0.6 is 0 Å². The second-order valence-electron chi connectivity index (χ2n) is 3.34. The standard InChI is InChI=1S/C11H18N2/c1-4-6-10(12-3)11-9(2)7-5-8-13-11/h5,7-8,10,12H,4,6H2,1-3H3. The van der Waals surface area contributed by atoms with Crippen molar-refractivity contribution in [3.05, 3.63) is 29.6 Å². The number of aryl methyl sites for hydroxylation is 1. The molecule has 1 atom stereocenters. The highest BCUT2D eigenvalue weighted by Gasteiger charge is 2.10. The lowest BCUT2D eigenvalue weighted by Crippen LogP contribution is -2.18. The van der Waals surface area contributed by atoms with Crippen LogP contribution in [0.3, 0.4) is 0 Å². The number of pyridine rings is 1. The van der Waals surface area contributed by atoms with Gasteiger partial charge in [-0.3, -0.25) is 4.98 Å². The van der Waals surface area contributed by atoms with Crippen LogP contribution in [0.5, 0.6) is 0 Å². The van der Waals surface area contributed by atoms with Crippen LogP contribution in [-0.4, -0.2) is 12.0 Å². The third-order valence-corrected chi connectivity index (χ3v) is 2.31. The summed E-state index contributed by atoms with van der Waals surface area (Å²) in [6.07, 6.45) is 4.19. The van der Waals surface area contributed by atoms with E-state index in [-0.39, 0.29) is 0 Å². The molecule has 1 N–H and O–H groups in total. The second kappa shape index (κ2) is 4.97. The zero-order valence-corrected chi connectivity index (χ0v) is 8.67. The molecular weight excluding hydrogens is 160 g/mol. The van der Waals surface area contributed by atoms with Crippen LogP contribution in [0, 0.1) is 6.92 Å². The lowest BCUT2D eigenvalue weighted by Gasteiger charge is -2.16. The van der Waals surface area contributed by atoms with Crippen LogP contribution in [0.15, 0.2) is 18.3 Å². The molecule has 1 aromatic rings. The minimum absolute atomic E-state index is 0.409. The van der Waals surface area contributed by atoms with Crippen molar-refractivity contribution >= 4 is 0 Å². The van der Waals surface area contributed by atoms with E-state index in [0.717, 1.165) is 6.42 Å². The molecule has 0 amide bonds. The molecule has 1 unspecified atom stereocenters. The van der Waals surface area contributed by atoms with Crippen LogP contribution in [0.25, 0.3) is 0 Å². The Morgan fingerprint density at radius 2 is 2.31 bits per heavy atom. The Hall–Kier alpha value is -0.890. The second-order valence-corrected chi connectivity index (χ2v) is 3.34. The van der Waals surface area contributed by atoms with Crippen LogP contribution in [-0.2, 0) is 0 Å². The summed E-state index contributed by atoms with van der Waals surface area (Å²) >= 11 is 0. The summed E-state index contributed by atoms with van der Waals surface area (Å²) in [6.45, 7) is 4.31. The molecular formula is C11H18N2. The quantitative estimate of drug-likeness (QED) is 0.766. The number of nitrogens with zero attached hydrogens (tertiary/aromatic N) is 1. The van der Waals surface area contributed by atoms with E-state index in [4.69, 9.17) is 0 Å². The fraction of sp³-hybridized carbons (Fsp3) is 0.545. The van der Waals surface area contributed by atoms with Crippen molar-refractivity contribution in [2.24, 2.45) is 0 Å². The van der Waals surface area contributed by atoms with Crippen molar-refractivity contribution < 1.29 is 0 Å². The van der Waals surface area contributed by atoms with E-state index < -0.39 is 0 Å². The summed E-state index contributed by atoms with van der Waals surface area (Å²) in [5.74, 6) is 0. The third-order valence-electron chi connectivity index (χ3n) is 2.31. The zero-order chi connectivity index (χ0) is 9.68. The average molecular weight is 178 g/mol. The first-order valence-corrected chi connectivity index (χ1v) is 4.88. The highest BCUT2D eigenvalue weighted by atomic mass is 14.9.